The number of hydrogen-bond donors (Lipinski definition) is 1. The molecule has 0 saturated carbocycles. The SMILES string of the molecule is CCC(CC)CN(CC)C(c1ccc(F)cc1)C(C)N. The van der Waals surface area contributed by atoms with Crippen LogP contribution < -0.4 is 5.73 Å². The zero-order valence-electron chi connectivity index (χ0n) is 13.3. The molecule has 0 aliphatic rings. The predicted molar refractivity (Wildman–Crippen MR) is 84.1 cm³/mol. The van der Waals surface area contributed by atoms with Crippen molar-refractivity contribution in [3.05, 3.63) is 35.6 Å². The molecule has 2 N–H and O–H groups in total. The van der Waals surface area contributed by atoms with Crippen LogP contribution in [0.5, 0.6) is 0 Å². The molecule has 3 heteroatoms. The molecule has 0 heterocycles. The minimum atomic E-state index is -0.194. The number of nitrogens with two attached hydrogens (primary N) is 1. The molecule has 2 nitrogen and oxygen atoms in total. The average molecular weight is 280 g/mol. The Balaban J connectivity index is 2.94. The van der Waals surface area contributed by atoms with Crippen molar-refractivity contribution in [1.29, 1.82) is 0 Å². The highest BCUT2D eigenvalue weighted by atomic mass is 19.1. The Morgan fingerprint density at radius 2 is 1.65 bits per heavy atom. The van der Waals surface area contributed by atoms with Gasteiger partial charge in [-0.1, -0.05) is 45.7 Å². The number of hydrogen-bond acceptors (Lipinski definition) is 2. The van der Waals surface area contributed by atoms with Crippen LogP contribution in [0.4, 0.5) is 4.39 Å². The van der Waals surface area contributed by atoms with Gasteiger partial charge in [-0.05, 0) is 37.1 Å². The fourth-order valence-corrected chi connectivity index (χ4v) is 2.82. The molecule has 0 bridgehead atoms. The molecule has 1 rings (SSSR count). The van der Waals surface area contributed by atoms with E-state index in [-0.39, 0.29) is 17.9 Å². The third kappa shape index (κ3) is 4.57. The van der Waals surface area contributed by atoms with Crippen molar-refractivity contribution in [2.24, 2.45) is 11.7 Å². The molecule has 0 aliphatic carbocycles. The summed E-state index contributed by atoms with van der Waals surface area (Å²) in [5, 5.41) is 0. The average Bonchev–Trinajstić information content (AvgIpc) is 2.44. The Hall–Kier alpha value is -0.930. The quantitative estimate of drug-likeness (QED) is 0.780. The summed E-state index contributed by atoms with van der Waals surface area (Å²) in [6.45, 7) is 10.7. The first-order valence-corrected chi connectivity index (χ1v) is 7.78. The van der Waals surface area contributed by atoms with Crippen molar-refractivity contribution in [3.63, 3.8) is 0 Å². The zero-order valence-corrected chi connectivity index (χ0v) is 13.3. The highest BCUT2D eigenvalue weighted by Crippen LogP contribution is 2.26. The maximum Gasteiger partial charge on any atom is 0.123 e. The van der Waals surface area contributed by atoms with Crippen LogP contribution in [-0.4, -0.2) is 24.0 Å². The van der Waals surface area contributed by atoms with Gasteiger partial charge in [0.05, 0.1) is 0 Å². The van der Waals surface area contributed by atoms with Crippen LogP contribution in [0.2, 0.25) is 0 Å². The van der Waals surface area contributed by atoms with E-state index >= 15 is 0 Å². The fourth-order valence-electron chi connectivity index (χ4n) is 2.82. The number of likely N-dealkylation sites (N-methyl/N-ethyl adjacent to an activating group) is 1. The second-order valence-corrected chi connectivity index (χ2v) is 5.63. The van der Waals surface area contributed by atoms with Gasteiger partial charge in [0.2, 0.25) is 0 Å². The Kier molecular flexibility index (Phi) is 7.17. The van der Waals surface area contributed by atoms with Crippen LogP contribution in [0.3, 0.4) is 0 Å². The standard InChI is InChI=1S/C17H29FN2/c1-5-14(6-2)12-20(7-3)17(13(4)19)15-8-10-16(18)11-9-15/h8-11,13-14,17H,5-7,12,19H2,1-4H3. The third-order valence-electron chi connectivity index (χ3n) is 4.16. The molecule has 0 spiro atoms. The molecule has 1 aromatic carbocycles. The van der Waals surface area contributed by atoms with E-state index in [9.17, 15) is 4.39 Å². The number of benzene rings is 1. The Morgan fingerprint density at radius 3 is 2.05 bits per heavy atom. The molecule has 2 unspecified atom stereocenters. The molecule has 0 radical (unpaired) electrons. The number of rotatable bonds is 8. The van der Waals surface area contributed by atoms with Crippen molar-refractivity contribution >= 4 is 0 Å². The number of halogens is 1. The maximum atomic E-state index is 13.1. The van der Waals surface area contributed by atoms with Gasteiger partial charge in [-0.15, -0.1) is 0 Å². The summed E-state index contributed by atoms with van der Waals surface area (Å²) in [5.41, 5.74) is 7.31. The summed E-state index contributed by atoms with van der Waals surface area (Å²) in [6, 6.07) is 6.94. The van der Waals surface area contributed by atoms with Gasteiger partial charge in [-0.2, -0.15) is 0 Å². The minimum absolute atomic E-state index is 0.0229. The van der Waals surface area contributed by atoms with E-state index in [4.69, 9.17) is 5.73 Å². The van der Waals surface area contributed by atoms with E-state index in [1.54, 1.807) is 0 Å². The molecule has 2 atom stereocenters. The second-order valence-electron chi connectivity index (χ2n) is 5.63. The summed E-state index contributed by atoms with van der Waals surface area (Å²) >= 11 is 0. The van der Waals surface area contributed by atoms with Crippen molar-refractivity contribution in [1.82, 2.24) is 4.90 Å². The van der Waals surface area contributed by atoms with Crippen molar-refractivity contribution in [3.8, 4) is 0 Å². The van der Waals surface area contributed by atoms with Gasteiger partial charge in [-0.3, -0.25) is 4.90 Å². The summed E-state index contributed by atoms with van der Waals surface area (Å²) in [5.74, 6) is 0.497. The van der Waals surface area contributed by atoms with Crippen LogP contribution in [0.1, 0.15) is 52.1 Å². The van der Waals surface area contributed by atoms with E-state index in [2.05, 4.69) is 25.7 Å². The van der Waals surface area contributed by atoms with E-state index in [0.29, 0.717) is 5.92 Å². The molecule has 0 fully saturated rings. The van der Waals surface area contributed by atoms with Crippen molar-refractivity contribution in [2.45, 2.75) is 52.6 Å². The molecule has 0 saturated heterocycles. The first-order valence-electron chi connectivity index (χ1n) is 7.78. The molecule has 114 valence electrons. The second kappa shape index (κ2) is 8.38. The summed E-state index contributed by atoms with van der Waals surface area (Å²) in [7, 11) is 0. The lowest BCUT2D eigenvalue weighted by molar-refractivity contribution is 0.153. The topological polar surface area (TPSA) is 29.3 Å². The van der Waals surface area contributed by atoms with E-state index in [1.807, 2.05) is 19.1 Å². The highest BCUT2D eigenvalue weighted by Gasteiger charge is 2.24. The lowest BCUT2D eigenvalue weighted by atomic mass is 9.96. The Morgan fingerprint density at radius 1 is 1.10 bits per heavy atom. The lowest BCUT2D eigenvalue weighted by Gasteiger charge is -2.36. The van der Waals surface area contributed by atoms with Gasteiger partial charge < -0.3 is 5.73 Å². The molecular formula is C17H29FN2. The molecular weight excluding hydrogens is 251 g/mol. The fraction of sp³-hybridized carbons (Fsp3) is 0.647. The largest absolute Gasteiger partial charge is 0.326 e. The van der Waals surface area contributed by atoms with E-state index in [1.165, 1.54) is 25.0 Å². The van der Waals surface area contributed by atoms with Gasteiger partial charge >= 0.3 is 0 Å². The van der Waals surface area contributed by atoms with Crippen LogP contribution in [0.25, 0.3) is 0 Å². The van der Waals surface area contributed by atoms with Gasteiger partial charge in [0.25, 0.3) is 0 Å². The summed E-state index contributed by atoms with van der Waals surface area (Å²) < 4.78 is 13.1. The van der Waals surface area contributed by atoms with E-state index < -0.39 is 0 Å². The van der Waals surface area contributed by atoms with Crippen LogP contribution >= 0.6 is 0 Å². The molecule has 20 heavy (non-hydrogen) atoms. The normalized spacial score (nSPS) is 14.8. The summed E-state index contributed by atoms with van der Waals surface area (Å²) in [4.78, 5) is 2.43. The predicted octanol–water partition coefficient (Wildman–Crippen LogP) is 3.97. The minimum Gasteiger partial charge on any atom is -0.326 e. The Bertz CT molecular complexity index is 371. The van der Waals surface area contributed by atoms with Crippen LogP contribution in [0.15, 0.2) is 24.3 Å². The number of nitrogens with zero attached hydrogens (tertiary/aromatic N) is 1. The Labute approximate surface area is 123 Å². The third-order valence-corrected chi connectivity index (χ3v) is 4.16. The van der Waals surface area contributed by atoms with E-state index in [0.717, 1.165) is 18.7 Å². The van der Waals surface area contributed by atoms with Gasteiger partial charge in [0.15, 0.2) is 0 Å². The lowest BCUT2D eigenvalue weighted by Crippen LogP contribution is -2.41. The monoisotopic (exact) mass is 280 g/mol. The van der Waals surface area contributed by atoms with Gasteiger partial charge in [-0.25, -0.2) is 4.39 Å². The van der Waals surface area contributed by atoms with Gasteiger partial charge in [0, 0.05) is 18.6 Å². The maximum absolute atomic E-state index is 13.1. The van der Waals surface area contributed by atoms with Crippen LogP contribution in [-0.2, 0) is 0 Å². The van der Waals surface area contributed by atoms with Gasteiger partial charge in [0.1, 0.15) is 5.82 Å². The van der Waals surface area contributed by atoms with Crippen LogP contribution in [0, 0.1) is 11.7 Å². The summed E-state index contributed by atoms with van der Waals surface area (Å²) in [6.07, 6.45) is 2.37. The molecule has 1 aromatic rings. The molecule has 0 aliphatic heterocycles. The van der Waals surface area contributed by atoms with Crippen molar-refractivity contribution in [2.75, 3.05) is 13.1 Å². The van der Waals surface area contributed by atoms with Crippen molar-refractivity contribution < 1.29 is 4.39 Å². The first kappa shape index (κ1) is 17.1. The first-order chi connectivity index (χ1) is 9.53. The smallest absolute Gasteiger partial charge is 0.123 e. The molecule has 0 aromatic heterocycles. The molecule has 0 amide bonds. The highest BCUT2D eigenvalue weighted by molar-refractivity contribution is 5.21. The zero-order chi connectivity index (χ0) is 15.1.